The zero-order chi connectivity index (χ0) is 15.4. The molecule has 1 amide bonds. The van der Waals surface area contributed by atoms with Crippen LogP contribution in [0.2, 0.25) is 0 Å². The maximum atomic E-state index is 13.1. The van der Waals surface area contributed by atoms with Gasteiger partial charge in [-0.2, -0.15) is 0 Å². The number of anilines is 1. The highest BCUT2D eigenvalue weighted by Crippen LogP contribution is 2.10. The van der Waals surface area contributed by atoms with Crippen molar-refractivity contribution in [3.63, 3.8) is 0 Å². The van der Waals surface area contributed by atoms with Crippen molar-refractivity contribution in [1.29, 1.82) is 0 Å². The van der Waals surface area contributed by atoms with E-state index in [1.54, 1.807) is 6.07 Å². The summed E-state index contributed by atoms with van der Waals surface area (Å²) in [6, 6.07) is 6.61. The van der Waals surface area contributed by atoms with Crippen molar-refractivity contribution < 1.29 is 13.6 Å². The minimum absolute atomic E-state index is 0.0969. The molecule has 4 nitrogen and oxygen atoms in total. The van der Waals surface area contributed by atoms with Gasteiger partial charge in [0.05, 0.1) is 0 Å². The summed E-state index contributed by atoms with van der Waals surface area (Å²) < 4.78 is 25.9. The monoisotopic (exact) mass is 291 g/mol. The summed E-state index contributed by atoms with van der Waals surface area (Å²) in [4.78, 5) is 16.1. The Morgan fingerprint density at radius 1 is 1.24 bits per heavy atom. The molecule has 0 radical (unpaired) electrons. The van der Waals surface area contributed by atoms with E-state index in [1.165, 1.54) is 12.1 Å². The number of nitrogen functional groups attached to an aromatic ring is 1. The van der Waals surface area contributed by atoms with Gasteiger partial charge < -0.3 is 11.1 Å². The van der Waals surface area contributed by atoms with Crippen molar-refractivity contribution in [2.45, 2.75) is 19.9 Å². The van der Waals surface area contributed by atoms with E-state index in [0.717, 1.165) is 12.1 Å². The molecule has 21 heavy (non-hydrogen) atoms. The van der Waals surface area contributed by atoms with Gasteiger partial charge in [0.2, 0.25) is 0 Å². The van der Waals surface area contributed by atoms with Gasteiger partial charge in [0.15, 0.2) is 11.6 Å². The van der Waals surface area contributed by atoms with Crippen LogP contribution < -0.4 is 11.1 Å². The summed E-state index contributed by atoms with van der Waals surface area (Å²) in [6.45, 7) is 2.00. The molecule has 0 unspecified atom stereocenters. The predicted octanol–water partition coefficient (Wildman–Crippen LogP) is 2.43. The van der Waals surface area contributed by atoms with Crippen molar-refractivity contribution in [3.05, 3.63) is 58.8 Å². The molecular weight excluding hydrogens is 276 g/mol. The van der Waals surface area contributed by atoms with Gasteiger partial charge in [-0.25, -0.2) is 13.8 Å². The van der Waals surface area contributed by atoms with E-state index < -0.39 is 11.6 Å². The largest absolute Gasteiger partial charge is 0.384 e. The number of rotatable bonds is 4. The first-order chi connectivity index (χ1) is 9.99. The number of carbonyl (C=O) groups is 1. The molecule has 110 valence electrons. The number of amides is 1. The fraction of sp³-hybridized carbons (Fsp3) is 0.200. The van der Waals surface area contributed by atoms with Crippen LogP contribution in [0.25, 0.3) is 0 Å². The van der Waals surface area contributed by atoms with Gasteiger partial charge in [-0.3, -0.25) is 4.79 Å². The van der Waals surface area contributed by atoms with Crippen LogP contribution in [0.4, 0.5) is 14.6 Å². The molecule has 2 aromatic rings. The van der Waals surface area contributed by atoms with E-state index in [2.05, 4.69) is 10.3 Å². The van der Waals surface area contributed by atoms with Gasteiger partial charge in [-0.15, -0.1) is 0 Å². The average Bonchev–Trinajstić information content (AvgIpc) is 2.47. The Balaban J connectivity index is 2.07. The normalized spacial score (nSPS) is 10.4. The van der Waals surface area contributed by atoms with Crippen LogP contribution in [-0.4, -0.2) is 10.9 Å². The van der Waals surface area contributed by atoms with E-state index in [-0.39, 0.29) is 18.3 Å². The third-order valence-electron chi connectivity index (χ3n) is 2.96. The third-order valence-corrected chi connectivity index (χ3v) is 2.96. The average molecular weight is 291 g/mol. The second-order valence-electron chi connectivity index (χ2n) is 4.56. The minimum Gasteiger partial charge on any atom is -0.384 e. The lowest BCUT2D eigenvalue weighted by molar-refractivity contribution is 0.0950. The molecule has 3 N–H and O–H groups in total. The van der Waals surface area contributed by atoms with E-state index in [0.29, 0.717) is 23.2 Å². The Hall–Kier alpha value is -2.50. The molecule has 0 aliphatic heterocycles. The molecule has 1 heterocycles. The lowest BCUT2D eigenvalue weighted by Gasteiger charge is -2.08. The summed E-state index contributed by atoms with van der Waals surface area (Å²) in [5, 5.41) is 2.63. The molecule has 0 aliphatic rings. The molecule has 1 aromatic carbocycles. The van der Waals surface area contributed by atoms with Crippen molar-refractivity contribution >= 4 is 11.7 Å². The van der Waals surface area contributed by atoms with Gasteiger partial charge >= 0.3 is 0 Å². The number of nitrogens with two attached hydrogens (primary N) is 1. The Labute approximate surface area is 121 Å². The smallest absolute Gasteiger partial charge is 0.251 e. The zero-order valence-electron chi connectivity index (χ0n) is 11.5. The predicted molar refractivity (Wildman–Crippen MR) is 75.6 cm³/mol. The van der Waals surface area contributed by atoms with Crippen LogP contribution in [0.5, 0.6) is 0 Å². The molecule has 0 fully saturated rings. The highest BCUT2D eigenvalue weighted by molar-refractivity contribution is 5.94. The molecule has 0 aliphatic carbocycles. The summed E-state index contributed by atoms with van der Waals surface area (Å²) in [5.74, 6) is -1.93. The Bertz CT molecular complexity index is 674. The van der Waals surface area contributed by atoms with Crippen molar-refractivity contribution in [2.75, 3.05) is 5.73 Å². The minimum atomic E-state index is -0.942. The first-order valence-corrected chi connectivity index (χ1v) is 6.48. The Morgan fingerprint density at radius 3 is 2.67 bits per heavy atom. The van der Waals surface area contributed by atoms with Crippen LogP contribution in [-0.2, 0) is 13.0 Å². The van der Waals surface area contributed by atoms with Crippen LogP contribution in [0.1, 0.15) is 28.5 Å². The molecule has 1 aromatic heterocycles. The number of hydrogen-bond acceptors (Lipinski definition) is 3. The molecule has 0 bridgehead atoms. The zero-order valence-corrected chi connectivity index (χ0v) is 11.5. The first-order valence-electron chi connectivity index (χ1n) is 6.48. The fourth-order valence-corrected chi connectivity index (χ4v) is 1.86. The number of nitrogens with zero attached hydrogens (tertiary/aromatic N) is 1. The third kappa shape index (κ3) is 3.75. The molecule has 0 spiro atoms. The van der Waals surface area contributed by atoms with Gasteiger partial charge in [0, 0.05) is 17.8 Å². The van der Waals surface area contributed by atoms with Crippen molar-refractivity contribution in [1.82, 2.24) is 10.3 Å². The van der Waals surface area contributed by atoms with Crippen molar-refractivity contribution in [3.8, 4) is 0 Å². The number of aryl methyl sites for hydroxylation is 1. The van der Waals surface area contributed by atoms with Crippen LogP contribution >= 0.6 is 0 Å². The lowest BCUT2D eigenvalue weighted by atomic mass is 10.1. The topological polar surface area (TPSA) is 68.0 Å². The first kappa shape index (κ1) is 14.9. The van der Waals surface area contributed by atoms with Gasteiger partial charge in [-0.05, 0) is 36.2 Å². The van der Waals surface area contributed by atoms with Gasteiger partial charge in [0.1, 0.15) is 5.82 Å². The van der Waals surface area contributed by atoms with Crippen LogP contribution in [0.15, 0.2) is 30.3 Å². The number of nitrogens with one attached hydrogen (secondary N) is 1. The molecule has 0 saturated carbocycles. The quantitative estimate of drug-likeness (QED) is 0.909. The molecule has 0 atom stereocenters. The maximum Gasteiger partial charge on any atom is 0.251 e. The highest BCUT2D eigenvalue weighted by Gasteiger charge is 2.09. The van der Waals surface area contributed by atoms with Gasteiger partial charge in [0.25, 0.3) is 5.91 Å². The summed E-state index contributed by atoms with van der Waals surface area (Å²) in [5.41, 5.74) is 7.21. The standard InChI is InChI=1S/C15H15F2N3O/c1-2-11-6-10(7-14(18)20-11)15(21)19-8-9-3-4-12(16)13(17)5-9/h3-7H,2,8H2,1H3,(H2,18,20)(H,19,21). The second kappa shape index (κ2) is 6.30. The number of aromatic nitrogens is 1. The Kier molecular flexibility index (Phi) is 4.47. The number of hydrogen-bond donors (Lipinski definition) is 2. The van der Waals surface area contributed by atoms with E-state index in [1.807, 2.05) is 6.92 Å². The molecular formula is C15H15F2N3O. The maximum absolute atomic E-state index is 13.1. The second-order valence-corrected chi connectivity index (χ2v) is 4.56. The van der Waals surface area contributed by atoms with Crippen LogP contribution in [0, 0.1) is 11.6 Å². The SMILES string of the molecule is CCc1cc(C(=O)NCc2ccc(F)c(F)c2)cc(N)n1. The van der Waals surface area contributed by atoms with Crippen LogP contribution in [0.3, 0.4) is 0 Å². The summed E-state index contributed by atoms with van der Waals surface area (Å²) in [7, 11) is 0. The Morgan fingerprint density at radius 2 is 2.00 bits per heavy atom. The van der Waals surface area contributed by atoms with Gasteiger partial charge in [-0.1, -0.05) is 13.0 Å². The van der Waals surface area contributed by atoms with E-state index in [9.17, 15) is 13.6 Å². The number of carbonyl (C=O) groups excluding carboxylic acids is 1. The molecule has 2 rings (SSSR count). The summed E-state index contributed by atoms with van der Waals surface area (Å²) in [6.07, 6.45) is 0.661. The number of benzene rings is 1. The van der Waals surface area contributed by atoms with E-state index in [4.69, 9.17) is 5.73 Å². The fourth-order valence-electron chi connectivity index (χ4n) is 1.86. The van der Waals surface area contributed by atoms with E-state index >= 15 is 0 Å². The lowest BCUT2D eigenvalue weighted by Crippen LogP contribution is -2.23. The number of pyridine rings is 1. The number of halogens is 2. The molecule has 0 saturated heterocycles. The highest BCUT2D eigenvalue weighted by atomic mass is 19.2. The van der Waals surface area contributed by atoms with Crippen molar-refractivity contribution in [2.24, 2.45) is 0 Å². The molecule has 6 heteroatoms. The summed E-state index contributed by atoms with van der Waals surface area (Å²) >= 11 is 0.